The lowest BCUT2D eigenvalue weighted by atomic mass is 9.81. The van der Waals surface area contributed by atoms with Crippen molar-refractivity contribution in [1.29, 1.82) is 0 Å². The van der Waals surface area contributed by atoms with E-state index in [0.717, 1.165) is 11.8 Å². The fourth-order valence-corrected chi connectivity index (χ4v) is 2.28. The van der Waals surface area contributed by atoms with Crippen LogP contribution in [0.2, 0.25) is 0 Å². The molecule has 0 aromatic rings. The second-order valence-corrected chi connectivity index (χ2v) is 5.78. The number of thiol groups is 1. The molecule has 1 aliphatic carbocycles. The van der Waals surface area contributed by atoms with Crippen LogP contribution < -0.4 is 0 Å². The molecule has 78 valence electrons. The van der Waals surface area contributed by atoms with Crippen LogP contribution in [-0.2, 0) is 0 Å². The maximum atomic E-state index is 4.45. The smallest absolute Gasteiger partial charge is 0.00934 e. The van der Waals surface area contributed by atoms with E-state index in [4.69, 9.17) is 0 Å². The van der Waals surface area contributed by atoms with Crippen LogP contribution in [0.5, 0.6) is 0 Å². The van der Waals surface area contributed by atoms with Gasteiger partial charge in [0.1, 0.15) is 0 Å². The Balaban J connectivity index is 2.38. The van der Waals surface area contributed by atoms with E-state index in [1.807, 2.05) is 0 Å². The highest BCUT2D eigenvalue weighted by molar-refractivity contribution is 7.80. The molecular weight excluding hydrogens is 178 g/mol. The topological polar surface area (TPSA) is 3.24 Å². The van der Waals surface area contributed by atoms with Gasteiger partial charge in [-0.05, 0) is 37.0 Å². The van der Waals surface area contributed by atoms with Gasteiger partial charge in [-0.25, -0.2) is 0 Å². The lowest BCUT2D eigenvalue weighted by Crippen LogP contribution is -2.35. The van der Waals surface area contributed by atoms with Crippen molar-refractivity contribution in [3.05, 3.63) is 0 Å². The van der Waals surface area contributed by atoms with E-state index in [2.05, 4.69) is 45.3 Å². The average Bonchev–Trinajstić information content (AvgIpc) is 2.78. The van der Waals surface area contributed by atoms with Gasteiger partial charge in [0.15, 0.2) is 0 Å². The Labute approximate surface area is 88.3 Å². The molecule has 1 saturated carbocycles. The van der Waals surface area contributed by atoms with Gasteiger partial charge in [0, 0.05) is 12.6 Å². The van der Waals surface area contributed by atoms with Gasteiger partial charge in [-0.15, -0.1) is 0 Å². The van der Waals surface area contributed by atoms with Crippen molar-refractivity contribution in [2.24, 2.45) is 11.3 Å². The van der Waals surface area contributed by atoms with E-state index in [0.29, 0.717) is 11.3 Å². The molecule has 0 aliphatic heterocycles. The van der Waals surface area contributed by atoms with Crippen molar-refractivity contribution in [1.82, 2.24) is 4.90 Å². The average molecular weight is 201 g/mol. The Morgan fingerprint density at radius 2 is 1.92 bits per heavy atom. The fourth-order valence-electron chi connectivity index (χ4n) is 1.62. The van der Waals surface area contributed by atoms with Gasteiger partial charge in [-0.1, -0.05) is 20.8 Å². The van der Waals surface area contributed by atoms with Crippen molar-refractivity contribution in [2.45, 2.75) is 39.7 Å². The van der Waals surface area contributed by atoms with Gasteiger partial charge < -0.3 is 4.90 Å². The molecule has 1 aliphatic rings. The highest BCUT2D eigenvalue weighted by Crippen LogP contribution is 2.31. The Bertz CT molecular complexity index is 158. The molecule has 0 bridgehead atoms. The maximum absolute atomic E-state index is 4.45. The second-order valence-electron chi connectivity index (χ2n) is 5.42. The standard InChI is InChI=1S/C11H23NS/c1-11(2,3)9(8-13)7-12(4)10-5-6-10/h9-10,13H,5-8H2,1-4H3. The first-order valence-corrected chi connectivity index (χ1v) is 5.89. The number of rotatable bonds is 4. The molecule has 2 heteroatoms. The van der Waals surface area contributed by atoms with E-state index in [9.17, 15) is 0 Å². The monoisotopic (exact) mass is 201 g/mol. The molecule has 1 unspecified atom stereocenters. The summed E-state index contributed by atoms with van der Waals surface area (Å²) in [5.41, 5.74) is 0.394. The first-order valence-electron chi connectivity index (χ1n) is 5.26. The highest BCUT2D eigenvalue weighted by Gasteiger charge is 2.31. The zero-order chi connectivity index (χ0) is 10.1. The molecule has 0 N–H and O–H groups in total. The molecule has 1 nitrogen and oxygen atoms in total. The summed E-state index contributed by atoms with van der Waals surface area (Å²) in [6.45, 7) is 8.15. The molecule has 0 heterocycles. The molecule has 1 rings (SSSR count). The van der Waals surface area contributed by atoms with Crippen LogP contribution in [-0.4, -0.2) is 30.3 Å². The molecule has 0 aromatic heterocycles. The van der Waals surface area contributed by atoms with E-state index >= 15 is 0 Å². The maximum Gasteiger partial charge on any atom is 0.00934 e. The summed E-state index contributed by atoms with van der Waals surface area (Å²) in [6.07, 6.45) is 2.81. The summed E-state index contributed by atoms with van der Waals surface area (Å²) in [5.74, 6) is 1.71. The Hall–Kier alpha value is 0.310. The summed E-state index contributed by atoms with van der Waals surface area (Å²) >= 11 is 4.45. The van der Waals surface area contributed by atoms with E-state index < -0.39 is 0 Å². The molecule has 1 atom stereocenters. The lowest BCUT2D eigenvalue weighted by molar-refractivity contribution is 0.182. The van der Waals surface area contributed by atoms with Gasteiger partial charge in [0.25, 0.3) is 0 Å². The third kappa shape index (κ3) is 3.51. The van der Waals surface area contributed by atoms with Gasteiger partial charge in [-0.2, -0.15) is 12.6 Å². The summed E-state index contributed by atoms with van der Waals surface area (Å²) in [4.78, 5) is 2.51. The minimum Gasteiger partial charge on any atom is -0.303 e. The zero-order valence-corrected chi connectivity index (χ0v) is 10.3. The number of hydrogen-bond donors (Lipinski definition) is 1. The van der Waals surface area contributed by atoms with Crippen molar-refractivity contribution in [2.75, 3.05) is 19.3 Å². The van der Waals surface area contributed by atoms with Gasteiger partial charge in [0.05, 0.1) is 0 Å². The van der Waals surface area contributed by atoms with Crippen molar-refractivity contribution in [3.8, 4) is 0 Å². The van der Waals surface area contributed by atoms with Crippen LogP contribution in [0, 0.1) is 11.3 Å². The molecule has 0 amide bonds. The van der Waals surface area contributed by atoms with Gasteiger partial charge in [0.2, 0.25) is 0 Å². The van der Waals surface area contributed by atoms with Crippen LogP contribution in [0.4, 0.5) is 0 Å². The van der Waals surface area contributed by atoms with Crippen molar-refractivity contribution < 1.29 is 0 Å². The molecule has 13 heavy (non-hydrogen) atoms. The second kappa shape index (κ2) is 4.22. The molecule has 0 spiro atoms. The third-order valence-electron chi connectivity index (χ3n) is 3.12. The van der Waals surface area contributed by atoms with Gasteiger partial charge in [-0.3, -0.25) is 0 Å². The van der Waals surface area contributed by atoms with Crippen LogP contribution in [0.3, 0.4) is 0 Å². The van der Waals surface area contributed by atoms with E-state index in [1.54, 1.807) is 0 Å². The largest absolute Gasteiger partial charge is 0.303 e. The molecular formula is C11H23NS. The summed E-state index contributed by atoms with van der Waals surface area (Å²) < 4.78 is 0. The predicted octanol–water partition coefficient (Wildman–Crippen LogP) is 2.67. The van der Waals surface area contributed by atoms with Crippen LogP contribution in [0.25, 0.3) is 0 Å². The van der Waals surface area contributed by atoms with Crippen LogP contribution in [0.1, 0.15) is 33.6 Å². The van der Waals surface area contributed by atoms with Crippen molar-refractivity contribution in [3.63, 3.8) is 0 Å². The normalized spacial score (nSPS) is 20.8. The molecule has 0 saturated heterocycles. The minimum atomic E-state index is 0.394. The molecule has 1 fully saturated rings. The van der Waals surface area contributed by atoms with Crippen molar-refractivity contribution >= 4 is 12.6 Å². The third-order valence-corrected chi connectivity index (χ3v) is 3.56. The predicted molar refractivity (Wildman–Crippen MR) is 62.5 cm³/mol. The van der Waals surface area contributed by atoms with Crippen LogP contribution in [0.15, 0.2) is 0 Å². The SMILES string of the molecule is CN(CC(CS)C(C)(C)C)C1CC1. The van der Waals surface area contributed by atoms with E-state index in [1.165, 1.54) is 19.4 Å². The minimum absolute atomic E-state index is 0.394. The summed E-state index contributed by atoms with van der Waals surface area (Å²) in [5, 5.41) is 0. The highest BCUT2D eigenvalue weighted by atomic mass is 32.1. The first kappa shape index (κ1) is 11.4. The first-order chi connectivity index (χ1) is 5.95. The Morgan fingerprint density at radius 1 is 1.38 bits per heavy atom. The fraction of sp³-hybridized carbons (Fsp3) is 1.00. The van der Waals surface area contributed by atoms with E-state index in [-0.39, 0.29) is 0 Å². The molecule has 0 aromatic carbocycles. The zero-order valence-electron chi connectivity index (χ0n) is 9.38. The number of hydrogen-bond acceptors (Lipinski definition) is 2. The van der Waals surface area contributed by atoms with Crippen LogP contribution >= 0.6 is 12.6 Å². The Kier molecular flexibility index (Phi) is 3.70. The number of nitrogens with zero attached hydrogens (tertiary/aromatic N) is 1. The quantitative estimate of drug-likeness (QED) is 0.684. The summed E-state index contributed by atoms with van der Waals surface area (Å²) in [6, 6.07) is 0.879. The Morgan fingerprint density at radius 3 is 2.23 bits per heavy atom. The molecule has 0 radical (unpaired) electrons. The lowest BCUT2D eigenvalue weighted by Gasteiger charge is -2.33. The summed E-state index contributed by atoms with van der Waals surface area (Å²) in [7, 11) is 2.25. The van der Waals surface area contributed by atoms with Gasteiger partial charge >= 0.3 is 0 Å².